The van der Waals surface area contributed by atoms with Crippen LogP contribution in [0.2, 0.25) is 0 Å². The molecule has 1 aromatic carbocycles. The number of amides is 1. The quantitative estimate of drug-likeness (QED) is 0.570. The summed E-state index contributed by atoms with van der Waals surface area (Å²) in [5.74, 6) is -0.439. The number of benzene rings is 1. The average molecular weight is 287 g/mol. The SMILES string of the molecule is C=C(NNC(=O)c1cc(C)[nH]n1)c1cccc([N+](=O)[O-])c1. The van der Waals surface area contributed by atoms with E-state index in [0.29, 0.717) is 11.3 Å². The molecule has 0 radical (unpaired) electrons. The van der Waals surface area contributed by atoms with Crippen molar-refractivity contribution in [2.45, 2.75) is 6.92 Å². The molecule has 0 aliphatic heterocycles. The molecule has 108 valence electrons. The molecule has 2 aromatic rings. The number of nitrogens with zero attached hydrogens (tertiary/aromatic N) is 2. The van der Waals surface area contributed by atoms with Crippen LogP contribution >= 0.6 is 0 Å². The number of non-ortho nitro benzene ring substituents is 1. The Kier molecular flexibility index (Phi) is 3.98. The number of nitro groups is 1. The molecule has 1 amide bonds. The van der Waals surface area contributed by atoms with Crippen LogP contribution in [-0.2, 0) is 0 Å². The van der Waals surface area contributed by atoms with Gasteiger partial charge in [-0.3, -0.25) is 30.9 Å². The zero-order valence-corrected chi connectivity index (χ0v) is 11.2. The van der Waals surface area contributed by atoms with Crippen molar-refractivity contribution in [1.82, 2.24) is 21.0 Å². The summed E-state index contributed by atoms with van der Waals surface area (Å²) in [6.07, 6.45) is 0. The lowest BCUT2D eigenvalue weighted by atomic mass is 10.1. The summed E-state index contributed by atoms with van der Waals surface area (Å²) < 4.78 is 0. The summed E-state index contributed by atoms with van der Waals surface area (Å²) in [4.78, 5) is 22.0. The summed E-state index contributed by atoms with van der Waals surface area (Å²) in [7, 11) is 0. The Morgan fingerprint density at radius 2 is 2.14 bits per heavy atom. The van der Waals surface area contributed by atoms with Crippen molar-refractivity contribution in [1.29, 1.82) is 0 Å². The first-order valence-electron chi connectivity index (χ1n) is 5.99. The number of nitro benzene ring substituents is 1. The van der Waals surface area contributed by atoms with Crippen LogP contribution in [0.5, 0.6) is 0 Å². The third-order valence-corrected chi connectivity index (χ3v) is 2.67. The number of H-pyrrole nitrogens is 1. The van der Waals surface area contributed by atoms with Gasteiger partial charge in [0, 0.05) is 23.4 Å². The molecule has 2 rings (SSSR count). The van der Waals surface area contributed by atoms with Crippen molar-refractivity contribution in [3.63, 3.8) is 0 Å². The van der Waals surface area contributed by atoms with Gasteiger partial charge in [0.15, 0.2) is 5.69 Å². The molecule has 1 aromatic heterocycles. The van der Waals surface area contributed by atoms with E-state index < -0.39 is 10.8 Å². The largest absolute Gasteiger partial charge is 0.298 e. The van der Waals surface area contributed by atoms with Crippen LogP contribution < -0.4 is 10.9 Å². The van der Waals surface area contributed by atoms with Crippen molar-refractivity contribution in [2.24, 2.45) is 0 Å². The maximum Gasteiger partial charge on any atom is 0.290 e. The molecular weight excluding hydrogens is 274 g/mol. The van der Waals surface area contributed by atoms with Gasteiger partial charge in [0.2, 0.25) is 0 Å². The van der Waals surface area contributed by atoms with Crippen LogP contribution in [0.15, 0.2) is 36.9 Å². The zero-order chi connectivity index (χ0) is 15.4. The molecule has 21 heavy (non-hydrogen) atoms. The highest BCUT2D eigenvalue weighted by Crippen LogP contribution is 2.16. The lowest BCUT2D eigenvalue weighted by Crippen LogP contribution is -2.36. The van der Waals surface area contributed by atoms with Gasteiger partial charge in [-0.15, -0.1) is 0 Å². The number of aryl methyl sites for hydroxylation is 1. The maximum absolute atomic E-state index is 11.8. The van der Waals surface area contributed by atoms with Gasteiger partial charge >= 0.3 is 0 Å². The number of carbonyl (C=O) groups excluding carboxylic acids is 1. The number of hydrogen-bond donors (Lipinski definition) is 3. The molecule has 0 fully saturated rings. The van der Waals surface area contributed by atoms with Crippen LogP contribution in [0.1, 0.15) is 21.7 Å². The highest BCUT2D eigenvalue weighted by atomic mass is 16.6. The molecule has 0 bridgehead atoms. The number of nitrogens with one attached hydrogen (secondary N) is 3. The number of aromatic amines is 1. The molecular formula is C13H13N5O3. The predicted octanol–water partition coefficient (Wildman–Crippen LogP) is 1.53. The Balaban J connectivity index is 2.00. The van der Waals surface area contributed by atoms with Crippen LogP contribution in [-0.4, -0.2) is 21.0 Å². The first-order valence-corrected chi connectivity index (χ1v) is 5.99. The molecule has 8 heteroatoms. The minimum absolute atomic E-state index is 0.0512. The van der Waals surface area contributed by atoms with Gasteiger partial charge in [0.25, 0.3) is 11.6 Å². The molecule has 0 unspecified atom stereocenters. The monoisotopic (exact) mass is 287 g/mol. The minimum Gasteiger partial charge on any atom is -0.298 e. The van der Waals surface area contributed by atoms with Crippen molar-refractivity contribution in [3.8, 4) is 0 Å². The van der Waals surface area contributed by atoms with Crippen molar-refractivity contribution in [3.05, 3.63) is 64.0 Å². The smallest absolute Gasteiger partial charge is 0.290 e. The summed E-state index contributed by atoms with van der Waals surface area (Å²) in [5, 5.41) is 17.2. The van der Waals surface area contributed by atoms with E-state index in [1.807, 2.05) is 0 Å². The molecule has 0 saturated heterocycles. The Morgan fingerprint density at radius 3 is 2.76 bits per heavy atom. The Morgan fingerprint density at radius 1 is 1.38 bits per heavy atom. The van der Waals surface area contributed by atoms with E-state index in [2.05, 4.69) is 27.6 Å². The van der Waals surface area contributed by atoms with Gasteiger partial charge in [-0.05, 0) is 13.0 Å². The maximum atomic E-state index is 11.8. The second kappa shape index (κ2) is 5.87. The number of rotatable bonds is 5. The molecule has 0 saturated carbocycles. The lowest BCUT2D eigenvalue weighted by molar-refractivity contribution is -0.384. The second-order valence-electron chi connectivity index (χ2n) is 4.30. The predicted molar refractivity (Wildman–Crippen MR) is 76.1 cm³/mol. The number of hydrogen-bond acceptors (Lipinski definition) is 5. The van der Waals surface area contributed by atoms with Gasteiger partial charge in [0.05, 0.1) is 10.6 Å². The van der Waals surface area contributed by atoms with E-state index in [-0.39, 0.29) is 11.4 Å². The second-order valence-corrected chi connectivity index (χ2v) is 4.30. The van der Waals surface area contributed by atoms with Gasteiger partial charge in [-0.1, -0.05) is 18.7 Å². The van der Waals surface area contributed by atoms with Gasteiger partial charge in [-0.25, -0.2) is 0 Å². The zero-order valence-electron chi connectivity index (χ0n) is 11.2. The summed E-state index contributed by atoms with van der Waals surface area (Å²) in [6, 6.07) is 7.52. The third-order valence-electron chi connectivity index (χ3n) is 2.67. The molecule has 0 spiro atoms. The number of aromatic nitrogens is 2. The fourth-order valence-corrected chi connectivity index (χ4v) is 1.61. The van der Waals surface area contributed by atoms with Crippen LogP contribution in [0.4, 0.5) is 5.69 Å². The van der Waals surface area contributed by atoms with E-state index in [4.69, 9.17) is 0 Å². The van der Waals surface area contributed by atoms with Gasteiger partial charge in [-0.2, -0.15) is 5.10 Å². The van der Waals surface area contributed by atoms with Crippen molar-refractivity contribution < 1.29 is 9.72 Å². The van der Waals surface area contributed by atoms with E-state index in [9.17, 15) is 14.9 Å². The van der Waals surface area contributed by atoms with Crippen LogP contribution in [0.3, 0.4) is 0 Å². The summed E-state index contributed by atoms with van der Waals surface area (Å²) in [6.45, 7) is 5.50. The first-order chi connectivity index (χ1) is 9.97. The Hall–Kier alpha value is -3.16. The Bertz CT molecular complexity index is 707. The fraction of sp³-hybridized carbons (Fsp3) is 0.0769. The van der Waals surface area contributed by atoms with Crippen LogP contribution in [0.25, 0.3) is 5.70 Å². The van der Waals surface area contributed by atoms with E-state index in [1.165, 1.54) is 12.1 Å². The van der Waals surface area contributed by atoms with E-state index >= 15 is 0 Å². The fourth-order valence-electron chi connectivity index (χ4n) is 1.61. The minimum atomic E-state index is -0.498. The third kappa shape index (κ3) is 3.44. The van der Waals surface area contributed by atoms with Gasteiger partial charge in [0.1, 0.15) is 0 Å². The highest BCUT2D eigenvalue weighted by Gasteiger charge is 2.11. The molecule has 1 heterocycles. The summed E-state index contributed by atoms with van der Waals surface area (Å²) >= 11 is 0. The van der Waals surface area contributed by atoms with Gasteiger partial charge < -0.3 is 0 Å². The molecule has 3 N–H and O–H groups in total. The molecule has 0 aliphatic rings. The molecule has 0 aliphatic carbocycles. The topological polar surface area (TPSA) is 113 Å². The van der Waals surface area contributed by atoms with E-state index in [0.717, 1.165) is 5.69 Å². The number of hydrazine groups is 1. The normalized spacial score (nSPS) is 9.95. The highest BCUT2D eigenvalue weighted by molar-refractivity contribution is 5.92. The molecule has 0 atom stereocenters. The van der Waals surface area contributed by atoms with Crippen LogP contribution in [0, 0.1) is 17.0 Å². The Labute approximate surface area is 120 Å². The number of carbonyl (C=O) groups is 1. The summed E-state index contributed by atoms with van der Waals surface area (Å²) in [5.41, 5.74) is 6.79. The lowest BCUT2D eigenvalue weighted by Gasteiger charge is -2.10. The van der Waals surface area contributed by atoms with Crippen molar-refractivity contribution in [2.75, 3.05) is 0 Å². The standard InChI is InChI=1S/C13H13N5O3/c1-8-6-12(16-14-8)13(19)17-15-9(2)10-4-3-5-11(7-10)18(20)21/h3-7,15H,2H2,1H3,(H,14,16)(H,17,19). The average Bonchev–Trinajstić information content (AvgIpc) is 2.91. The molecule has 8 nitrogen and oxygen atoms in total. The first kappa shape index (κ1) is 14.3. The van der Waals surface area contributed by atoms with E-state index in [1.54, 1.807) is 25.1 Å². The van der Waals surface area contributed by atoms with Crippen molar-refractivity contribution >= 4 is 17.3 Å².